The lowest BCUT2D eigenvalue weighted by molar-refractivity contribution is 0.291. The first kappa shape index (κ1) is 15.5. The smallest absolute Gasteiger partial charge is 0.145 e. The van der Waals surface area contributed by atoms with Crippen LogP contribution in [0.4, 0.5) is 5.82 Å². The highest BCUT2D eigenvalue weighted by molar-refractivity contribution is 5.87. The van der Waals surface area contributed by atoms with Gasteiger partial charge in [-0.3, -0.25) is 4.90 Å². The van der Waals surface area contributed by atoms with E-state index in [9.17, 15) is 0 Å². The lowest BCUT2D eigenvalue weighted by atomic mass is 9.98. The van der Waals surface area contributed by atoms with Crippen LogP contribution in [-0.4, -0.2) is 34.0 Å². The minimum atomic E-state index is 0. The summed E-state index contributed by atoms with van der Waals surface area (Å²) in [5, 5.41) is 0.932. The molecule has 2 fully saturated rings. The summed E-state index contributed by atoms with van der Waals surface area (Å²) in [5.74, 6) is 2.81. The van der Waals surface area contributed by atoms with Crippen LogP contribution in [0.25, 0.3) is 10.9 Å². The molecular formula is C16H22ClN5. The third kappa shape index (κ3) is 2.64. The largest absolute Gasteiger partial charge is 0.383 e. The molecule has 0 amide bonds. The molecule has 1 aliphatic carbocycles. The fourth-order valence-corrected chi connectivity index (χ4v) is 3.95. The highest BCUT2D eigenvalue weighted by atomic mass is 35.5. The molecule has 3 unspecified atom stereocenters. The molecule has 2 aromatic rings. The first-order valence-corrected chi connectivity index (χ1v) is 7.70. The first-order valence-electron chi connectivity index (χ1n) is 7.70. The van der Waals surface area contributed by atoms with Crippen molar-refractivity contribution in [1.29, 1.82) is 0 Å². The average Bonchev–Trinajstić information content (AvgIpc) is 3.01. The number of hydrogen-bond donors (Lipinski definition) is 2. The Hall–Kier alpha value is -1.43. The number of halogens is 1. The zero-order valence-corrected chi connectivity index (χ0v) is 13.3. The Morgan fingerprint density at radius 2 is 1.95 bits per heavy atom. The van der Waals surface area contributed by atoms with Crippen LogP contribution in [0.3, 0.4) is 0 Å². The maximum absolute atomic E-state index is 6.20. The van der Waals surface area contributed by atoms with Crippen LogP contribution in [0.15, 0.2) is 24.3 Å². The number of hydrogen-bond acceptors (Lipinski definition) is 5. The van der Waals surface area contributed by atoms with Gasteiger partial charge in [0.25, 0.3) is 0 Å². The Balaban J connectivity index is 0.00000144. The van der Waals surface area contributed by atoms with Crippen molar-refractivity contribution in [2.75, 3.05) is 18.8 Å². The molecule has 1 saturated carbocycles. The molecule has 3 atom stereocenters. The molecule has 22 heavy (non-hydrogen) atoms. The molecule has 0 spiro atoms. The van der Waals surface area contributed by atoms with Crippen LogP contribution >= 0.6 is 12.4 Å². The standard InChI is InChI=1S/C16H21N5.ClH/c17-13-6-5-10-7-21(8-12(10)13)9-15-19-14-4-2-1-3-11(14)16(18)20-15;/h1-4,10,12-13H,5-9,17H2,(H2,18,19,20);1H. The van der Waals surface area contributed by atoms with Crippen molar-refractivity contribution >= 4 is 29.1 Å². The number of nitrogens with zero attached hydrogens (tertiary/aromatic N) is 3. The molecule has 6 heteroatoms. The fraction of sp³-hybridized carbons (Fsp3) is 0.500. The lowest BCUT2D eigenvalue weighted by Crippen LogP contribution is -2.30. The number of rotatable bonds is 2. The molecule has 1 aliphatic heterocycles. The third-order valence-corrected chi connectivity index (χ3v) is 5.03. The van der Waals surface area contributed by atoms with Crippen molar-refractivity contribution < 1.29 is 0 Å². The molecule has 2 aliphatic rings. The van der Waals surface area contributed by atoms with E-state index >= 15 is 0 Å². The molecule has 0 radical (unpaired) electrons. The van der Waals surface area contributed by atoms with Crippen LogP contribution < -0.4 is 11.5 Å². The zero-order chi connectivity index (χ0) is 14.4. The van der Waals surface area contributed by atoms with E-state index in [0.29, 0.717) is 17.8 Å². The predicted octanol–water partition coefficient (Wildman–Crippen LogP) is 1.80. The van der Waals surface area contributed by atoms with Gasteiger partial charge in [-0.25, -0.2) is 9.97 Å². The zero-order valence-electron chi connectivity index (χ0n) is 12.5. The van der Waals surface area contributed by atoms with Crippen LogP contribution in [0, 0.1) is 11.8 Å². The van der Waals surface area contributed by atoms with E-state index in [-0.39, 0.29) is 12.4 Å². The number of anilines is 1. The van der Waals surface area contributed by atoms with E-state index < -0.39 is 0 Å². The van der Waals surface area contributed by atoms with Gasteiger partial charge in [-0.1, -0.05) is 12.1 Å². The number of nitrogens with two attached hydrogens (primary N) is 2. The summed E-state index contributed by atoms with van der Waals surface area (Å²) in [6.45, 7) is 2.96. The van der Waals surface area contributed by atoms with Crippen molar-refractivity contribution in [3.63, 3.8) is 0 Å². The van der Waals surface area contributed by atoms with Crippen molar-refractivity contribution in [2.24, 2.45) is 17.6 Å². The minimum absolute atomic E-state index is 0. The number of aromatic nitrogens is 2. The Kier molecular flexibility index (Phi) is 4.21. The number of nitrogen functional groups attached to an aromatic ring is 1. The number of para-hydroxylation sites is 1. The molecule has 5 nitrogen and oxygen atoms in total. The molecule has 118 valence electrons. The van der Waals surface area contributed by atoms with Gasteiger partial charge in [0.1, 0.15) is 11.6 Å². The monoisotopic (exact) mass is 319 g/mol. The molecule has 1 saturated heterocycles. The van der Waals surface area contributed by atoms with E-state index in [1.165, 1.54) is 12.8 Å². The number of benzene rings is 1. The van der Waals surface area contributed by atoms with Crippen LogP contribution in [0.5, 0.6) is 0 Å². The van der Waals surface area contributed by atoms with Gasteiger partial charge in [-0.05, 0) is 36.8 Å². The third-order valence-electron chi connectivity index (χ3n) is 5.03. The second kappa shape index (κ2) is 5.99. The summed E-state index contributed by atoms with van der Waals surface area (Å²) in [4.78, 5) is 11.5. The Bertz CT molecular complexity index is 677. The first-order chi connectivity index (χ1) is 10.2. The van der Waals surface area contributed by atoms with Crippen molar-refractivity contribution in [3.8, 4) is 0 Å². The maximum atomic E-state index is 6.20. The van der Waals surface area contributed by atoms with Gasteiger partial charge in [0.15, 0.2) is 0 Å². The second-order valence-corrected chi connectivity index (χ2v) is 6.40. The number of fused-ring (bicyclic) bond motifs is 2. The SMILES string of the molecule is Cl.Nc1nc(CN2CC3CCC(N)C3C2)nc2ccccc12. The molecule has 0 bridgehead atoms. The van der Waals surface area contributed by atoms with Gasteiger partial charge in [0.05, 0.1) is 12.1 Å². The van der Waals surface area contributed by atoms with E-state index in [2.05, 4.69) is 14.9 Å². The normalized spacial score (nSPS) is 27.8. The highest BCUT2D eigenvalue weighted by Gasteiger charge is 2.40. The molecule has 2 heterocycles. The van der Waals surface area contributed by atoms with Gasteiger partial charge in [0, 0.05) is 24.5 Å². The average molecular weight is 320 g/mol. The van der Waals surface area contributed by atoms with Crippen molar-refractivity contribution in [3.05, 3.63) is 30.1 Å². The quantitative estimate of drug-likeness (QED) is 0.882. The summed E-state index contributed by atoms with van der Waals surface area (Å²) in [6.07, 6.45) is 2.45. The van der Waals surface area contributed by atoms with Crippen LogP contribution in [0.2, 0.25) is 0 Å². The van der Waals surface area contributed by atoms with Crippen molar-refractivity contribution in [2.45, 2.75) is 25.4 Å². The van der Waals surface area contributed by atoms with Crippen LogP contribution in [-0.2, 0) is 6.54 Å². The second-order valence-electron chi connectivity index (χ2n) is 6.40. The topological polar surface area (TPSA) is 81.1 Å². The highest BCUT2D eigenvalue weighted by Crippen LogP contribution is 2.37. The molecule has 1 aromatic heterocycles. The Labute approximate surface area is 136 Å². The van der Waals surface area contributed by atoms with Gasteiger partial charge >= 0.3 is 0 Å². The van der Waals surface area contributed by atoms with E-state index in [4.69, 9.17) is 11.5 Å². The maximum Gasteiger partial charge on any atom is 0.145 e. The van der Waals surface area contributed by atoms with Gasteiger partial charge < -0.3 is 11.5 Å². The van der Waals surface area contributed by atoms with E-state index in [1.807, 2.05) is 24.3 Å². The Morgan fingerprint density at radius 1 is 1.14 bits per heavy atom. The molecule has 4 N–H and O–H groups in total. The summed E-state index contributed by atoms with van der Waals surface area (Å²) >= 11 is 0. The summed E-state index contributed by atoms with van der Waals surface area (Å²) < 4.78 is 0. The summed E-state index contributed by atoms with van der Waals surface area (Å²) in [7, 11) is 0. The van der Waals surface area contributed by atoms with E-state index in [1.54, 1.807) is 0 Å². The lowest BCUT2D eigenvalue weighted by Gasteiger charge is -2.17. The minimum Gasteiger partial charge on any atom is -0.383 e. The van der Waals surface area contributed by atoms with Gasteiger partial charge in [-0.15, -0.1) is 12.4 Å². The molecule has 4 rings (SSSR count). The van der Waals surface area contributed by atoms with Gasteiger partial charge in [0.2, 0.25) is 0 Å². The van der Waals surface area contributed by atoms with Crippen LogP contribution in [0.1, 0.15) is 18.7 Å². The predicted molar refractivity (Wildman–Crippen MR) is 90.7 cm³/mol. The summed E-state index contributed by atoms with van der Waals surface area (Å²) in [5.41, 5.74) is 13.2. The Morgan fingerprint density at radius 3 is 2.77 bits per heavy atom. The molecule has 1 aromatic carbocycles. The number of likely N-dealkylation sites (tertiary alicyclic amines) is 1. The molecular weight excluding hydrogens is 298 g/mol. The van der Waals surface area contributed by atoms with E-state index in [0.717, 1.165) is 42.3 Å². The van der Waals surface area contributed by atoms with Gasteiger partial charge in [-0.2, -0.15) is 0 Å². The fourth-order valence-electron chi connectivity index (χ4n) is 3.95. The van der Waals surface area contributed by atoms with Crippen molar-refractivity contribution in [1.82, 2.24) is 14.9 Å². The summed E-state index contributed by atoms with van der Waals surface area (Å²) in [6, 6.07) is 8.28.